The normalized spacial score (nSPS) is 10.8. The Kier molecular flexibility index (Phi) is 4.74. The number of rotatable bonds is 4. The van der Waals surface area contributed by atoms with Crippen molar-refractivity contribution in [2.24, 2.45) is 0 Å². The first-order chi connectivity index (χ1) is 6.74. The van der Waals surface area contributed by atoms with Gasteiger partial charge < -0.3 is 5.32 Å². The Labute approximate surface area is 94.3 Å². The lowest BCUT2D eigenvalue weighted by Crippen LogP contribution is -1.99. The van der Waals surface area contributed by atoms with Crippen LogP contribution in [0, 0.1) is 6.92 Å². The molecule has 0 saturated carbocycles. The van der Waals surface area contributed by atoms with E-state index in [2.05, 4.69) is 65.4 Å². The molecular weight excluding hydrogens is 238 g/mol. The van der Waals surface area contributed by atoms with Crippen molar-refractivity contribution in [3.05, 3.63) is 40.4 Å². The number of nitrogens with one attached hydrogen (secondary N) is 1. The summed E-state index contributed by atoms with van der Waals surface area (Å²) in [7, 11) is 0. The molecule has 0 aliphatic carbocycles. The van der Waals surface area contributed by atoms with Gasteiger partial charge in [0.25, 0.3) is 0 Å². The van der Waals surface area contributed by atoms with Crippen molar-refractivity contribution in [2.45, 2.75) is 20.3 Å². The number of hydrogen-bond donors (Lipinski definition) is 1. The van der Waals surface area contributed by atoms with Gasteiger partial charge in [0.05, 0.1) is 0 Å². The lowest BCUT2D eigenvalue weighted by atomic mass is 10.2. The average Bonchev–Trinajstić information content (AvgIpc) is 2.15. The van der Waals surface area contributed by atoms with Crippen LogP contribution in [0.15, 0.2) is 34.8 Å². The van der Waals surface area contributed by atoms with Gasteiger partial charge >= 0.3 is 0 Å². The summed E-state index contributed by atoms with van der Waals surface area (Å²) in [4.78, 5) is 0. The highest BCUT2D eigenvalue weighted by atomic mass is 79.9. The molecule has 0 spiro atoms. The molecule has 2 heteroatoms. The fraction of sp³-hybridized carbons (Fsp3) is 0.333. The van der Waals surface area contributed by atoms with E-state index in [1.807, 2.05) is 0 Å². The Morgan fingerprint density at radius 3 is 2.79 bits per heavy atom. The quantitative estimate of drug-likeness (QED) is 0.796. The molecule has 1 aromatic carbocycles. The third-order valence-electron chi connectivity index (χ3n) is 2.00. The minimum atomic E-state index is 0.899. The van der Waals surface area contributed by atoms with Crippen LogP contribution in [0.5, 0.6) is 0 Å². The number of anilines is 1. The van der Waals surface area contributed by atoms with Crippen LogP contribution in [0.1, 0.15) is 18.9 Å². The van der Waals surface area contributed by atoms with Gasteiger partial charge in [-0.25, -0.2) is 0 Å². The van der Waals surface area contributed by atoms with Crippen LogP contribution in [0.3, 0.4) is 0 Å². The van der Waals surface area contributed by atoms with Crippen LogP contribution in [0.25, 0.3) is 0 Å². The third kappa shape index (κ3) is 3.54. The molecule has 0 saturated heterocycles. The first kappa shape index (κ1) is 11.3. The van der Waals surface area contributed by atoms with Gasteiger partial charge in [-0.1, -0.05) is 35.0 Å². The molecule has 0 amide bonds. The van der Waals surface area contributed by atoms with E-state index in [1.54, 1.807) is 0 Å². The molecule has 1 rings (SSSR count). The van der Waals surface area contributed by atoms with Crippen LogP contribution >= 0.6 is 15.9 Å². The van der Waals surface area contributed by atoms with Gasteiger partial charge in [0.2, 0.25) is 0 Å². The second-order valence-corrected chi connectivity index (χ2v) is 4.14. The molecule has 0 atom stereocenters. The van der Waals surface area contributed by atoms with E-state index in [0.29, 0.717) is 0 Å². The molecular formula is C12H16BrN. The molecule has 1 aromatic rings. The maximum atomic E-state index is 3.45. The third-order valence-corrected chi connectivity index (χ3v) is 2.49. The minimum absolute atomic E-state index is 0.899. The average molecular weight is 254 g/mol. The highest BCUT2D eigenvalue weighted by Gasteiger charge is 1.95. The van der Waals surface area contributed by atoms with Gasteiger partial charge in [-0.05, 0) is 37.1 Å². The standard InChI is InChI=1S/C12H16BrN/c1-3-4-5-8-14-12-7-6-11(13)9-10(12)2/h4-7,9,14H,3,8H2,1-2H3. The molecule has 14 heavy (non-hydrogen) atoms. The Balaban J connectivity index is 2.55. The Hall–Kier alpha value is -0.760. The van der Waals surface area contributed by atoms with Gasteiger partial charge in [0, 0.05) is 16.7 Å². The molecule has 0 heterocycles. The van der Waals surface area contributed by atoms with Gasteiger partial charge in [0.15, 0.2) is 0 Å². The highest BCUT2D eigenvalue weighted by molar-refractivity contribution is 9.10. The first-order valence-electron chi connectivity index (χ1n) is 4.89. The highest BCUT2D eigenvalue weighted by Crippen LogP contribution is 2.19. The van der Waals surface area contributed by atoms with Crippen molar-refractivity contribution in [2.75, 3.05) is 11.9 Å². The zero-order valence-corrected chi connectivity index (χ0v) is 10.3. The van der Waals surface area contributed by atoms with E-state index in [-0.39, 0.29) is 0 Å². The van der Waals surface area contributed by atoms with Crippen molar-refractivity contribution in [3.8, 4) is 0 Å². The summed E-state index contributed by atoms with van der Waals surface area (Å²) in [5, 5.41) is 3.37. The summed E-state index contributed by atoms with van der Waals surface area (Å²) in [5.41, 5.74) is 2.47. The van der Waals surface area contributed by atoms with Crippen LogP contribution < -0.4 is 5.32 Å². The summed E-state index contributed by atoms with van der Waals surface area (Å²) < 4.78 is 1.13. The number of halogens is 1. The summed E-state index contributed by atoms with van der Waals surface area (Å²) >= 11 is 3.45. The molecule has 76 valence electrons. The van der Waals surface area contributed by atoms with Crippen molar-refractivity contribution in [3.63, 3.8) is 0 Å². The second-order valence-electron chi connectivity index (χ2n) is 3.22. The van der Waals surface area contributed by atoms with Crippen molar-refractivity contribution in [1.82, 2.24) is 0 Å². The predicted molar refractivity (Wildman–Crippen MR) is 66.8 cm³/mol. The summed E-state index contributed by atoms with van der Waals surface area (Å²) in [5.74, 6) is 0. The van der Waals surface area contributed by atoms with Gasteiger partial charge in [-0.2, -0.15) is 0 Å². The van der Waals surface area contributed by atoms with Crippen LogP contribution in [-0.2, 0) is 0 Å². The molecule has 0 radical (unpaired) electrons. The molecule has 0 unspecified atom stereocenters. The van der Waals surface area contributed by atoms with E-state index in [9.17, 15) is 0 Å². The van der Waals surface area contributed by atoms with E-state index in [0.717, 1.165) is 17.4 Å². The van der Waals surface area contributed by atoms with E-state index < -0.39 is 0 Å². The summed E-state index contributed by atoms with van der Waals surface area (Å²) in [6.45, 7) is 5.15. The monoisotopic (exact) mass is 253 g/mol. The molecule has 0 aliphatic rings. The molecule has 1 N–H and O–H groups in total. The SMILES string of the molecule is CCC=CCNc1ccc(Br)cc1C. The van der Waals surface area contributed by atoms with Gasteiger partial charge in [0.1, 0.15) is 0 Å². The lowest BCUT2D eigenvalue weighted by Gasteiger charge is -2.07. The van der Waals surface area contributed by atoms with Gasteiger partial charge in [-0.3, -0.25) is 0 Å². The zero-order chi connectivity index (χ0) is 10.4. The number of allylic oxidation sites excluding steroid dienone is 1. The number of hydrogen-bond acceptors (Lipinski definition) is 1. The zero-order valence-electron chi connectivity index (χ0n) is 8.68. The lowest BCUT2D eigenvalue weighted by molar-refractivity contribution is 1.19. The largest absolute Gasteiger partial charge is 0.381 e. The maximum Gasteiger partial charge on any atom is 0.0373 e. The molecule has 0 aliphatic heterocycles. The van der Waals surface area contributed by atoms with Crippen molar-refractivity contribution in [1.29, 1.82) is 0 Å². The van der Waals surface area contributed by atoms with E-state index in [4.69, 9.17) is 0 Å². The van der Waals surface area contributed by atoms with Gasteiger partial charge in [-0.15, -0.1) is 0 Å². The predicted octanol–water partition coefficient (Wildman–Crippen LogP) is 4.14. The fourth-order valence-electron chi connectivity index (χ4n) is 1.24. The van der Waals surface area contributed by atoms with Crippen LogP contribution in [-0.4, -0.2) is 6.54 Å². The molecule has 0 bridgehead atoms. The number of aryl methyl sites for hydroxylation is 1. The van der Waals surface area contributed by atoms with E-state index >= 15 is 0 Å². The number of benzene rings is 1. The maximum absolute atomic E-state index is 3.45. The molecule has 0 aromatic heterocycles. The van der Waals surface area contributed by atoms with E-state index in [1.165, 1.54) is 11.3 Å². The topological polar surface area (TPSA) is 12.0 Å². The Bertz CT molecular complexity index is 318. The second kappa shape index (κ2) is 5.86. The smallest absolute Gasteiger partial charge is 0.0373 e. The first-order valence-corrected chi connectivity index (χ1v) is 5.68. The molecule has 1 nitrogen and oxygen atoms in total. The fourth-order valence-corrected chi connectivity index (χ4v) is 1.72. The van der Waals surface area contributed by atoms with Crippen LogP contribution in [0.4, 0.5) is 5.69 Å². The molecule has 0 fully saturated rings. The summed E-state index contributed by atoms with van der Waals surface area (Å²) in [6.07, 6.45) is 5.42. The minimum Gasteiger partial charge on any atom is -0.381 e. The Morgan fingerprint density at radius 1 is 1.36 bits per heavy atom. The van der Waals surface area contributed by atoms with Crippen molar-refractivity contribution < 1.29 is 0 Å². The Morgan fingerprint density at radius 2 is 2.14 bits per heavy atom. The van der Waals surface area contributed by atoms with Crippen molar-refractivity contribution >= 4 is 21.6 Å². The summed E-state index contributed by atoms with van der Waals surface area (Å²) in [6, 6.07) is 6.27. The van der Waals surface area contributed by atoms with Crippen LogP contribution in [0.2, 0.25) is 0 Å².